The number of nitrogens with zero attached hydrogens (tertiary/aromatic N) is 2. The molecule has 26 heavy (non-hydrogen) atoms. The van der Waals surface area contributed by atoms with Gasteiger partial charge in [0.2, 0.25) is 5.91 Å². The third-order valence-electron chi connectivity index (χ3n) is 4.91. The summed E-state index contributed by atoms with van der Waals surface area (Å²) in [6.07, 6.45) is 1.21. The number of benzene rings is 2. The van der Waals surface area contributed by atoms with Crippen LogP contribution in [0.3, 0.4) is 0 Å². The average molecular weight is 356 g/mol. The number of halogens is 1. The maximum Gasteiger partial charge on any atom is 0.223 e. The molecule has 138 valence electrons. The minimum atomic E-state index is -0.206. The molecule has 0 radical (unpaired) electrons. The molecular formula is C21H25FN2O2. The van der Waals surface area contributed by atoms with Crippen molar-refractivity contribution in [3.05, 3.63) is 59.4 Å². The van der Waals surface area contributed by atoms with E-state index in [1.807, 2.05) is 34.9 Å². The first kappa shape index (κ1) is 18.2. The molecule has 1 fully saturated rings. The first-order valence-corrected chi connectivity index (χ1v) is 8.99. The summed E-state index contributed by atoms with van der Waals surface area (Å²) in [5.74, 6) is 0.818. The molecule has 3 rings (SSSR count). The lowest BCUT2D eigenvalue weighted by Crippen LogP contribution is -2.49. The second-order valence-corrected chi connectivity index (χ2v) is 6.62. The van der Waals surface area contributed by atoms with Crippen molar-refractivity contribution in [1.82, 2.24) is 4.90 Å². The lowest BCUT2D eigenvalue weighted by Gasteiger charge is -2.36. The molecule has 1 aliphatic rings. The smallest absolute Gasteiger partial charge is 0.223 e. The predicted molar refractivity (Wildman–Crippen MR) is 101 cm³/mol. The summed E-state index contributed by atoms with van der Waals surface area (Å²) in [6, 6.07) is 12.8. The molecule has 2 aromatic rings. The molecule has 1 amide bonds. The largest absolute Gasteiger partial charge is 0.496 e. The highest BCUT2D eigenvalue weighted by Crippen LogP contribution is 2.21. The highest BCUT2D eigenvalue weighted by Gasteiger charge is 2.22. The van der Waals surface area contributed by atoms with Gasteiger partial charge in [0.25, 0.3) is 0 Å². The van der Waals surface area contributed by atoms with Crippen molar-refractivity contribution in [3.63, 3.8) is 0 Å². The average Bonchev–Trinajstić information content (AvgIpc) is 2.67. The lowest BCUT2D eigenvalue weighted by atomic mass is 10.1. The van der Waals surface area contributed by atoms with E-state index in [-0.39, 0.29) is 11.7 Å². The molecule has 0 aliphatic carbocycles. The van der Waals surface area contributed by atoms with Gasteiger partial charge in [0.05, 0.1) is 12.8 Å². The van der Waals surface area contributed by atoms with Crippen molar-refractivity contribution >= 4 is 11.6 Å². The zero-order valence-corrected chi connectivity index (χ0v) is 15.4. The molecule has 0 unspecified atom stereocenters. The second kappa shape index (κ2) is 8.21. The molecule has 0 spiro atoms. The predicted octanol–water partition coefficient (Wildman–Crippen LogP) is 3.42. The standard InChI is InChI=1S/C21H25FN2O2/c1-16-15-17(7-9-20(16)26-2)8-10-21(25)24-13-11-23(12-14-24)19-6-4-3-5-18(19)22/h3-7,9,15H,8,10-14H2,1-2H3. The van der Waals surface area contributed by atoms with Gasteiger partial charge in [0.1, 0.15) is 11.6 Å². The van der Waals surface area contributed by atoms with Gasteiger partial charge in [-0.1, -0.05) is 24.3 Å². The first-order chi connectivity index (χ1) is 12.6. The third-order valence-corrected chi connectivity index (χ3v) is 4.91. The van der Waals surface area contributed by atoms with E-state index in [2.05, 4.69) is 6.07 Å². The van der Waals surface area contributed by atoms with Crippen molar-refractivity contribution in [2.24, 2.45) is 0 Å². The zero-order chi connectivity index (χ0) is 18.5. The van der Waals surface area contributed by atoms with Crippen molar-refractivity contribution < 1.29 is 13.9 Å². The molecule has 0 aromatic heterocycles. The summed E-state index contributed by atoms with van der Waals surface area (Å²) in [4.78, 5) is 16.4. The number of ether oxygens (including phenoxy) is 1. The summed E-state index contributed by atoms with van der Waals surface area (Å²) in [6.45, 7) is 4.60. The summed E-state index contributed by atoms with van der Waals surface area (Å²) in [5.41, 5.74) is 2.84. The Balaban J connectivity index is 1.51. The van der Waals surface area contributed by atoms with Crippen LogP contribution in [-0.4, -0.2) is 44.1 Å². The van der Waals surface area contributed by atoms with Gasteiger partial charge in [-0.3, -0.25) is 4.79 Å². The van der Waals surface area contributed by atoms with E-state index in [0.717, 1.165) is 23.3 Å². The maximum atomic E-state index is 13.9. The molecule has 1 heterocycles. The minimum absolute atomic E-state index is 0.159. The number of carbonyl (C=O) groups is 1. The molecular weight excluding hydrogens is 331 g/mol. The Hall–Kier alpha value is -2.56. The quantitative estimate of drug-likeness (QED) is 0.823. The molecule has 0 bridgehead atoms. The van der Waals surface area contributed by atoms with E-state index in [0.29, 0.717) is 38.3 Å². The van der Waals surface area contributed by atoms with Crippen LogP contribution in [0.4, 0.5) is 10.1 Å². The van der Waals surface area contributed by atoms with Gasteiger partial charge < -0.3 is 14.5 Å². The Morgan fingerprint density at radius 1 is 1.12 bits per heavy atom. The molecule has 0 N–H and O–H groups in total. The van der Waals surface area contributed by atoms with Gasteiger partial charge in [0.15, 0.2) is 0 Å². The van der Waals surface area contributed by atoms with E-state index in [1.54, 1.807) is 19.2 Å². The summed E-state index contributed by atoms with van der Waals surface area (Å²) in [7, 11) is 1.66. The van der Waals surface area contributed by atoms with Gasteiger partial charge in [-0.25, -0.2) is 4.39 Å². The minimum Gasteiger partial charge on any atom is -0.496 e. The fourth-order valence-corrected chi connectivity index (χ4v) is 3.41. The molecule has 2 aromatic carbocycles. The van der Waals surface area contributed by atoms with Crippen LogP contribution in [0.5, 0.6) is 5.75 Å². The SMILES string of the molecule is COc1ccc(CCC(=O)N2CCN(c3ccccc3F)CC2)cc1C. The molecule has 0 atom stereocenters. The van der Waals surface area contributed by atoms with Gasteiger partial charge in [-0.15, -0.1) is 0 Å². The summed E-state index contributed by atoms with van der Waals surface area (Å²) in [5, 5.41) is 0. The van der Waals surface area contributed by atoms with Crippen LogP contribution in [0.15, 0.2) is 42.5 Å². The highest BCUT2D eigenvalue weighted by molar-refractivity contribution is 5.76. The molecule has 1 saturated heterocycles. The number of amides is 1. The van der Waals surface area contributed by atoms with Gasteiger partial charge >= 0.3 is 0 Å². The second-order valence-electron chi connectivity index (χ2n) is 6.62. The normalized spacial score (nSPS) is 14.4. The van der Waals surface area contributed by atoms with Crippen LogP contribution < -0.4 is 9.64 Å². The third kappa shape index (κ3) is 4.15. The number of hydrogen-bond donors (Lipinski definition) is 0. The van der Waals surface area contributed by atoms with E-state index >= 15 is 0 Å². The maximum absolute atomic E-state index is 13.9. The number of rotatable bonds is 5. The highest BCUT2D eigenvalue weighted by atomic mass is 19.1. The van der Waals surface area contributed by atoms with Crippen molar-refractivity contribution in [1.29, 1.82) is 0 Å². The number of anilines is 1. The molecule has 5 heteroatoms. The van der Waals surface area contributed by atoms with Gasteiger partial charge in [-0.05, 0) is 42.7 Å². The molecule has 0 saturated carbocycles. The van der Waals surface area contributed by atoms with E-state index in [1.165, 1.54) is 6.07 Å². The molecule has 4 nitrogen and oxygen atoms in total. The van der Waals surface area contributed by atoms with Crippen LogP contribution in [0.25, 0.3) is 0 Å². The van der Waals surface area contributed by atoms with Crippen LogP contribution >= 0.6 is 0 Å². The summed E-state index contributed by atoms with van der Waals surface area (Å²) < 4.78 is 19.2. The fraction of sp³-hybridized carbons (Fsp3) is 0.381. The van der Waals surface area contributed by atoms with E-state index in [9.17, 15) is 9.18 Å². The first-order valence-electron chi connectivity index (χ1n) is 8.99. The molecule has 1 aliphatic heterocycles. The van der Waals surface area contributed by atoms with Crippen LogP contribution in [0, 0.1) is 12.7 Å². The van der Waals surface area contributed by atoms with Crippen molar-refractivity contribution in [3.8, 4) is 5.75 Å². The monoisotopic (exact) mass is 356 g/mol. The number of carbonyl (C=O) groups excluding carboxylic acids is 1. The van der Waals surface area contributed by atoms with E-state index in [4.69, 9.17) is 4.74 Å². The van der Waals surface area contributed by atoms with Gasteiger partial charge in [-0.2, -0.15) is 0 Å². The van der Waals surface area contributed by atoms with Crippen molar-refractivity contribution in [2.45, 2.75) is 19.8 Å². The Kier molecular flexibility index (Phi) is 5.76. The summed E-state index contributed by atoms with van der Waals surface area (Å²) >= 11 is 0. The van der Waals surface area contributed by atoms with Gasteiger partial charge in [0, 0.05) is 32.6 Å². The fourth-order valence-electron chi connectivity index (χ4n) is 3.41. The lowest BCUT2D eigenvalue weighted by molar-refractivity contribution is -0.131. The Bertz CT molecular complexity index is 770. The number of aryl methyl sites for hydroxylation is 2. The zero-order valence-electron chi connectivity index (χ0n) is 15.4. The van der Waals surface area contributed by atoms with Crippen LogP contribution in [-0.2, 0) is 11.2 Å². The number of methoxy groups -OCH3 is 1. The van der Waals surface area contributed by atoms with E-state index < -0.39 is 0 Å². The van der Waals surface area contributed by atoms with Crippen LogP contribution in [0.1, 0.15) is 17.5 Å². The van der Waals surface area contributed by atoms with Crippen molar-refractivity contribution in [2.75, 3.05) is 38.2 Å². The number of para-hydroxylation sites is 1. The Labute approximate surface area is 154 Å². The van der Waals surface area contributed by atoms with Crippen LogP contribution in [0.2, 0.25) is 0 Å². The Morgan fingerprint density at radius 3 is 2.50 bits per heavy atom. The topological polar surface area (TPSA) is 32.8 Å². The number of piperazine rings is 1. The number of hydrogen-bond acceptors (Lipinski definition) is 3. The Morgan fingerprint density at radius 2 is 1.85 bits per heavy atom.